The topological polar surface area (TPSA) is 106 Å². The molecule has 44 heavy (non-hydrogen) atoms. The van der Waals surface area contributed by atoms with Crippen molar-refractivity contribution < 1.29 is 49.1 Å². The van der Waals surface area contributed by atoms with E-state index >= 15 is 0 Å². The number of nitrogens with zero attached hydrogens (tertiary/aromatic N) is 3. The largest absolute Gasteiger partial charge is 0.417 e. The highest BCUT2D eigenvalue weighted by molar-refractivity contribution is 5.95. The Morgan fingerprint density at radius 3 is 1.50 bits per heavy atom. The number of carbonyl (C=O) groups is 2. The van der Waals surface area contributed by atoms with Gasteiger partial charge >= 0.3 is 18.5 Å². The molecule has 0 bridgehead atoms. The Labute approximate surface area is 243 Å². The molecule has 5 nitrogen and oxygen atoms in total. The van der Waals surface area contributed by atoms with E-state index in [-0.39, 0.29) is 24.5 Å². The van der Waals surface area contributed by atoms with E-state index in [4.69, 9.17) is 5.26 Å². The van der Waals surface area contributed by atoms with Gasteiger partial charge in [-0.25, -0.2) is 0 Å². The van der Waals surface area contributed by atoms with Crippen molar-refractivity contribution >= 4 is 11.6 Å². The number of hydrogen-bond donors (Lipinski definition) is 0. The van der Waals surface area contributed by atoms with Crippen molar-refractivity contribution in [2.24, 2.45) is 35.5 Å². The molecule has 8 unspecified atom stereocenters. The molecule has 0 amide bonds. The number of ketones is 2. The molecular weight excluding hydrogens is 605 g/mol. The summed E-state index contributed by atoms with van der Waals surface area (Å²) in [6.45, 7) is 0. The summed E-state index contributed by atoms with van der Waals surface area (Å²) in [5, 5.41) is 29.1. The fourth-order valence-corrected chi connectivity index (χ4v) is 7.35. The maximum Gasteiger partial charge on any atom is 0.417 e. The number of halogens is 9. The minimum Gasteiger partial charge on any atom is -0.299 e. The number of rotatable bonds is 2. The number of hydrogen-bond acceptors (Lipinski definition) is 5. The molecule has 3 aliphatic rings. The molecule has 3 saturated carbocycles. The second kappa shape index (κ2) is 10.4. The van der Waals surface area contributed by atoms with E-state index in [9.17, 15) is 59.6 Å². The lowest BCUT2D eigenvalue weighted by Gasteiger charge is -2.35. The van der Waals surface area contributed by atoms with Gasteiger partial charge in [-0.05, 0) is 66.1 Å². The van der Waals surface area contributed by atoms with E-state index in [0.717, 1.165) is 12.1 Å². The van der Waals surface area contributed by atoms with Crippen LogP contribution in [0.25, 0.3) is 0 Å². The summed E-state index contributed by atoms with van der Waals surface area (Å²) in [7, 11) is 0. The van der Waals surface area contributed by atoms with Crippen molar-refractivity contribution in [2.75, 3.05) is 0 Å². The van der Waals surface area contributed by atoms with Gasteiger partial charge in [-0.1, -0.05) is 6.07 Å². The van der Waals surface area contributed by atoms with Gasteiger partial charge in [0.25, 0.3) is 0 Å². The van der Waals surface area contributed by atoms with Crippen LogP contribution in [0.5, 0.6) is 0 Å². The van der Waals surface area contributed by atoms with Gasteiger partial charge in [0, 0.05) is 11.8 Å². The summed E-state index contributed by atoms with van der Waals surface area (Å²) >= 11 is 0. The second-order valence-electron chi connectivity index (χ2n) is 11.3. The van der Waals surface area contributed by atoms with Crippen molar-refractivity contribution in [3.8, 4) is 18.2 Å². The lowest BCUT2D eigenvalue weighted by Crippen LogP contribution is -2.34. The zero-order valence-electron chi connectivity index (χ0n) is 22.1. The third-order valence-corrected chi connectivity index (χ3v) is 9.17. The smallest absolute Gasteiger partial charge is 0.299 e. The average Bonchev–Trinajstić information content (AvgIpc) is 3.39. The maximum absolute atomic E-state index is 13.6. The summed E-state index contributed by atoms with van der Waals surface area (Å²) in [5.74, 6) is -10.9. The van der Waals surface area contributed by atoms with Gasteiger partial charge in [0.2, 0.25) is 0 Å². The predicted molar refractivity (Wildman–Crippen MR) is 130 cm³/mol. The Bertz CT molecular complexity index is 1640. The Morgan fingerprint density at radius 2 is 1.09 bits per heavy atom. The number of carbonyl (C=O) groups excluding carboxylic acids is 2. The lowest BCUT2D eigenvalue weighted by molar-refractivity contribution is -0.143. The summed E-state index contributed by atoms with van der Waals surface area (Å²) in [4.78, 5) is 27.2. The van der Waals surface area contributed by atoms with Crippen LogP contribution in [0.2, 0.25) is 0 Å². The zero-order valence-corrected chi connectivity index (χ0v) is 22.1. The van der Waals surface area contributed by atoms with Crippen LogP contribution in [0, 0.1) is 69.5 Å². The zero-order chi connectivity index (χ0) is 32.5. The highest BCUT2D eigenvalue weighted by atomic mass is 19.4. The molecular formula is C30H18F9N3O2. The molecule has 14 heteroatoms. The van der Waals surface area contributed by atoms with E-state index in [2.05, 4.69) is 0 Å². The molecule has 0 heterocycles. The maximum atomic E-state index is 13.6. The highest BCUT2D eigenvalue weighted by Gasteiger charge is 2.61. The Hall–Kier alpha value is -4.38. The molecule has 0 aromatic heterocycles. The van der Waals surface area contributed by atoms with E-state index < -0.39 is 105 Å². The minimum absolute atomic E-state index is 0.0918. The van der Waals surface area contributed by atoms with Gasteiger partial charge in [0.15, 0.2) is 0 Å². The summed E-state index contributed by atoms with van der Waals surface area (Å²) < 4.78 is 122. The van der Waals surface area contributed by atoms with Crippen molar-refractivity contribution in [2.45, 2.75) is 43.2 Å². The van der Waals surface area contributed by atoms with Crippen LogP contribution in [0.3, 0.4) is 0 Å². The molecule has 0 N–H and O–H groups in total. The molecule has 228 valence electrons. The fraction of sp³-hybridized carbons (Fsp3) is 0.433. The molecule has 0 aliphatic heterocycles. The van der Waals surface area contributed by atoms with E-state index in [1.165, 1.54) is 6.07 Å². The molecule has 0 saturated heterocycles. The van der Waals surface area contributed by atoms with Gasteiger partial charge in [-0.3, -0.25) is 9.59 Å². The van der Waals surface area contributed by atoms with Crippen LogP contribution >= 0.6 is 0 Å². The van der Waals surface area contributed by atoms with Crippen LogP contribution < -0.4 is 0 Å². The molecule has 0 spiro atoms. The second-order valence-corrected chi connectivity index (χ2v) is 11.3. The first-order valence-corrected chi connectivity index (χ1v) is 13.2. The highest BCUT2D eigenvalue weighted by Crippen LogP contribution is 2.60. The molecule has 3 aliphatic carbocycles. The van der Waals surface area contributed by atoms with E-state index in [1.807, 2.05) is 12.1 Å². The number of fused-ring (bicyclic) bond motifs is 2. The Kier molecular flexibility index (Phi) is 7.32. The van der Waals surface area contributed by atoms with Crippen LogP contribution in [0.4, 0.5) is 39.5 Å². The standard InChI is InChI=1S/C30H18F9N3O2/c31-28(32,33)15-3-14(4-16(6-15)29(34,35)36)25-22(11-42)18-7-17-19(8-20(18)27(25)44)26(43)24(21(17)10-41)12-1-2-13(9-40)23(5-12)30(37,38)39/h1-6,17-22,24-25H,7-8H2. The molecule has 0 radical (unpaired) electrons. The van der Waals surface area contributed by atoms with Gasteiger partial charge in [0.1, 0.15) is 11.6 Å². The Morgan fingerprint density at radius 1 is 0.614 bits per heavy atom. The first kappa shape index (κ1) is 31.1. The lowest BCUT2D eigenvalue weighted by atomic mass is 9.67. The molecule has 8 atom stereocenters. The molecule has 3 fully saturated rings. The molecule has 5 rings (SSSR count). The van der Waals surface area contributed by atoms with Gasteiger partial charge in [0.05, 0.1) is 64.1 Å². The van der Waals surface area contributed by atoms with E-state index in [0.29, 0.717) is 18.2 Å². The van der Waals surface area contributed by atoms with Gasteiger partial charge in [-0.2, -0.15) is 55.3 Å². The fourth-order valence-electron chi connectivity index (χ4n) is 7.35. The number of benzene rings is 2. The summed E-state index contributed by atoms with van der Waals surface area (Å²) in [5.41, 5.74) is -6.08. The number of Topliss-reactive ketones (excluding diaryl/α,β-unsaturated/α-hetero) is 2. The average molecular weight is 623 g/mol. The van der Waals surface area contributed by atoms with Crippen LogP contribution in [-0.4, -0.2) is 11.6 Å². The predicted octanol–water partition coefficient (Wildman–Crippen LogP) is 7.19. The minimum atomic E-state index is -5.19. The van der Waals surface area contributed by atoms with Gasteiger partial charge in [-0.15, -0.1) is 0 Å². The van der Waals surface area contributed by atoms with Crippen LogP contribution in [0.15, 0.2) is 36.4 Å². The van der Waals surface area contributed by atoms with Crippen LogP contribution in [-0.2, 0) is 28.1 Å². The SMILES string of the molecule is N#Cc1ccc(C2C(=O)C3CC4C(=O)C(c5cc(C(F)(F)F)cc(C(F)(F)F)c5)C(C#N)C4CC3C2C#N)cc1C(F)(F)F. The monoisotopic (exact) mass is 623 g/mol. The third-order valence-electron chi connectivity index (χ3n) is 9.17. The third kappa shape index (κ3) is 4.98. The first-order chi connectivity index (χ1) is 20.4. The van der Waals surface area contributed by atoms with Gasteiger partial charge < -0.3 is 0 Å². The number of alkyl halides is 9. The summed E-state index contributed by atoms with van der Waals surface area (Å²) in [6, 6.07) is 8.63. The Balaban J connectivity index is 1.52. The van der Waals surface area contributed by atoms with E-state index in [1.54, 1.807) is 0 Å². The molecule has 2 aromatic carbocycles. The van der Waals surface area contributed by atoms with Crippen LogP contribution in [0.1, 0.15) is 58.1 Å². The van der Waals surface area contributed by atoms with Crippen molar-refractivity contribution in [3.63, 3.8) is 0 Å². The summed E-state index contributed by atoms with van der Waals surface area (Å²) in [6.07, 6.45) is -15.7. The quantitative estimate of drug-likeness (QED) is 0.330. The normalized spacial score (nSPS) is 30.2. The first-order valence-electron chi connectivity index (χ1n) is 13.2. The van der Waals surface area contributed by atoms with Crippen molar-refractivity contribution in [1.29, 1.82) is 15.8 Å². The molecule has 2 aromatic rings. The van der Waals surface area contributed by atoms with Crippen molar-refractivity contribution in [3.05, 3.63) is 69.8 Å². The number of nitriles is 3. The van der Waals surface area contributed by atoms with Crippen molar-refractivity contribution in [1.82, 2.24) is 0 Å².